The average Bonchev–Trinajstić information content (AvgIpc) is 2.88. The molecular weight excluding hydrogens is 298 g/mol. The first-order chi connectivity index (χ1) is 8.68. The van der Waals surface area contributed by atoms with Gasteiger partial charge >= 0.3 is 0 Å². The quantitative estimate of drug-likeness (QED) is 0.886. The standard InChI is InChI=1S/C12H18BrN3O2/c1-9(11-3-2-6-18-11)15-4-5-16-8-14-7-10(13)12(16)17/h7-9,11,15H,2-6H2,1H3. The van der Waals surface area contributed by atoms with E-state index in [0.29, 0.717) is 23.2 Å². The van der Waals surface area contributed by atoms with Gasteiger partial charge in [0.05, 0.1) is 12.4 Å². The lowest BCUT2D eigenvalue weighted by Gasteiger charge is -2.20. The van der Waals surface area contributed by atoms with Crippen LogP contribution in [0.2, 0.25) is 0 Å². The van der Waals surface area contributed by atoms with Crippen LogP contribution in [0.3, 0.4) is 0 Å². The highest BCUT2D eigenvalue weighted by Crippen LogP contribution is 2.15. The summed E-state index contributed by atoms with van der Waals surface area (Å²) >= 11 is 3.18. The van der Waals surface area contributed by atoms with Gasteiger partial charge in [0.1, 0.15) is 4.47 Å². The van der Waals surface area contributed by atoms with E-state index in [9.17, 15) is 4.79 Å². The molecule has 2 atom stereocenters. The Labute approximate surface area is 115 Å². The van der Waals surface area contributed by atoms with Gasteiger partial charge in [-0.15, -0.1) is 0 Å². The smallest absolute Gasteiger partial charge is 0.267 e. The number of rotatable bonds is 5. The number of hydrogen-bond acceptors (Lipinski definition) is 4. The van der Waals surface area contributed by atoms with Crippen molar-refractivity contribution in [2.45, 2.75) is 38.5 Å². The van der Waals surface area contributed by atoms with Crippen molar-refractivity contribution in [3.8, 4) is 0 Å². The lowest BCUT2D eigenvalue weighted by molar-refractivity contribution is 0.0835. The van der Waals surface area contributed by atoms with E-state index >= 15 is 0 Å². The van der Waals surface area contributed by atoms with Gasteiger partial charge in [-0.25, -0.2) is 4.98 Å². The number of ether oxygens (including phenoxy) is 1. The third kappa shape index (κ3) is 3.40. The van der Waals surface area contributed by atoms with E-state index in [1.807, 2.05) is 0 Å². The Morgan fingerprint density at radius 3 is 3.28 bits per heavy atom. The molecule has 5 nitrogen and oxygen atoms in total. The molecule has 0 amide bonds. The Kier molecular flexibility index (Phi) is 4.91. The summed E-state index contributed by atoms with van der Waals surface area (Å²) in [6, 6.07) is 0.323. The molecule has 2 unspecified atom stereocenters. The van der Waals surface area contributed by atoms with Crippen LogP contribution < -0.4 is 10.9 Å². The van der Waals surface area contributed by atoms with Crippen LogP contribution in [0.25, 0.3) is 0 Å². The fourth-order valence-electron chi connectivity index (χ4n) is 2.12. The van der Waals surface area contributed by atoms with Crippen molar-refractivity contribution in [2.75, 3.05) is 13.2 Å². The topological polar surface area (TPSA) is 56.2 Å². The molecule has 1 aliphatic heterocycles. The van der Waals surface area contributed by atoms with Crippen LogP contribution in [0.5, 0.6) is 0 Å². The van der Waals surface area contributed by atoms with E-state index in [0.717, 1.165) is 26.0 Å². The molecule has 0 saturated carbocycles. The molecule has 1 aliphatic rings. The van der Waals surface area contributed by atoms with Crippen LogP contribution in [0.1, 0.15) is 19.8 Å². The molecule has 0 bridgehead atoms. The van der Waals surface area contributed by atoms with Crippen LogP contribution in [-0.4, -0.2) is 34.8 Å². The van der Waals surface area contributed by atoms with Gasteiger partial charge in [0.15, 0.2) is 0 Å². The molecule has 18 heavy (non-hydrogen) atoms. The fourth-order valence-corrected chi connectivity index (χ4v) is 2.47. The van der Waals surface area contributed by atoms with Gasteiger partial charge in [0.2, 0.25) is 0 Å². The molecule has 0 aromatic carbocycles. The number of aromatic nitrogens is 2. The predicted molar refractivity (Wildman–Crippen MR) is 72.6 cm³/mol. The zero-order valence-electron chi connectivity index (χ0n) is 10.4. The molecule has 1 fully saturated rings. The average molecular weight is 316 g/mol. The predicted octanol–water partition coefficient (Wildman–Crippen LogP) is 1.16. The summed E-state index contributed by atoms with van der Waals surface area (Å²) < 4.78 is 7.70. The van der Waals surface area contributed by atoms with E-state index in [4.69, 9.17) is 4.74 Å². The summed E-state index contributed by atoms with van der Waals surface area (Å²) in [5.74, 6) is 0. The van der Waals surface area contributed by atoms with Crippen molar-refractivity contribution in [1.29, 1.82) is 0 Å². The SMILES string of the molecule is CC(NCCn1cncc(Br)c1=O)C1CCCO1. The monoisotopic (exact) mass is 315 g/mol. The van der Waals surface area contributed by atoms with Crippen molar-refractivity contribution in [2.24, 2.45) is 0 Å². The lowest BCUT2D eigenvalue weighted by Crippen LogP contribution is -2.39. The maximum atomic E-state index is 11.7. The highest BCUT2D eigenvalue weighted by molar-refractivity contribution is 9.10. The summed E-state index contributed by atoms with van der Waals surface area (Å²) in [4.78, 5) is 15.7. The first kappa shape index (κ1) is 13.7. The van der Waals surface area contributed by atoms with Gasteiger partial charge in [-0.1, -0.05) is 0 Å². The van der Waals surface area contributed by atoms with Gasteiger partial charge in [-0.05, 0) is 35.7 Å². The molecule has 100 valence electrons. The molecule has 0 spiro atoms. The molecule has 6 heteroatoms. The maximum Gasteiger partial charge on any atom is 0.267 e. The molecule has 1 aromatic heterocycles. The van der Waals surface area contributed by atoms with Crippen molar-refractivity contribution >= 4 is 15.9 Å². The minimum Gasteiger partial charge on any atom is -0.377 e. The summed E-state index contributed by atoms with van der Waals surface area (Å²) in [5, 5.41) is 3.39. The molecule has 1 aromatic rings. The van der Waals surface area contributed by atoms with Gasteiger partial charge in [0, 0.05) is 31.9 Å². The molecule has 1 saturated heterocycles. The van der Waals surface area contributed by atoms with Crippen LogP contribution in [-0.2, 0) is 11.3 Å². The van der Waals surface area contributed by atoms with Crippen LogP contribution >= 0.6 is 15.9 Å². The summed E-state index contributed by atoms with van der Waals surface area (Å²) in [6.45, 7) is 4.34. The Bertz CT molecular complexity index is 443. The Morgan fingerprint density at radius 1 is 1.72 bits per heavy atom. The maximum absolute atomic E-state index is 11.7. The zero-order valence-corrected chi connectivity index (χ0v) is 12.0. The van der Waals surface area contributed by atoms with Gasteiger partial charge in [-0.2, -0.15) is 0 Å². The second-order valence-corrected chi connectivity index (χ2v) is 5.39. The normalized spacial score (nSPS) is 21.1. The van der Waals surface area contributed by atoms with Crippen molar-refractivity contribution < 1.29 is 4.74 Å². The third-order valence-electron chi connectivity index (χ3n) is 3.20. The van der Waals surface area contributed by atoms with E-state index in [1.54, 1.807) is 10.9 Å². The molecule has 0 radical (unpaired) electrons. The van der Waals surface area contributed by atoms with Gasteiger partial charge in [-0.3, -0.25) is 9.36 Å². The summed E-state index contributed by atoms with van der Waals surface area (Å²) in [6.07, 6.45) is 5.65. The van der Waals surface area contributed by atoms with E-state index in [2.05, 4.69) is 33.2 Å². The number of nitrogens with one attached hydrogen (secondary N) is 1. The highest BCUT2D eigenvalue weighted by Gasteiger charge is 2.21. The Balaban J connectivity index is 1.81. The van der Waals surface area contributed by atoms with Crippen LogP contribution in [0.4, 0.5) is 0 Å². The van der Waals surface area contributed by atoms with E-state index in [-0.39, 0.29) is 5.56 Å². The van der Waals surface area contributed by atoms with Crippen LogP contribution in [0, 0.1) is 0 Å². The molecule has 0 aliphatic carbocycles. The minimum absolute atomic E-state index is 0.0448. The van der Waals surface area contributed by atoms with E-state index in [1.165, 1.54) is 6.20 Å². The Morgan fingerprint density at radius 2 is 2.56 bits per heavy atom. The largest absolute Gasteiger partial charge is 0.377 e. The Hall–Kier alpha value is -0.720. The van der Waals surface area contributed by atoms with Crippen molar-refractivity contribution in [3.05, 3.63) is 27.4 Å². The summed E-state index contributed by atoms with van der Waals surface area (Å²) in [7, 11) is 0. The molecule has 2 rings (SSSR count). The van der Waals surface area contributed by atoms with Crippen LogP contribution in [0.15, 0.2) is 21.8 Å². The fraction of sp³-hybridized carbons (Fsp3) is 0.667. The molecule has 2 heterocycles. The summed E-state index contributed by atoms with van der Waals surface area (Å²) in [5.41, 5.74) is -0.0448. The number of hydrogen-bond donors (Lipinski definition) is 1. The molecule has 1 N–H and O–H groups in total. The van der Waals surface area contributed by atoms with Crippen molar-refractivity contribution in [1.82, 2.24) is 14.9 Å². The highest BCUT2D eigenvalue weighted by atomic mass is 79.9. The third-order valence-corrected chi connectivity index (χ3v) is 3.74. The van der Waals surface area contributed by atoms with E-state index < -0.39 is 0 Å². The first-order valence-corrected chi connectivity index (χ1v) is 7.02. The second-order valence-electron chi connectivity index (χ2n) is 4.53. The first-order valence-electron chi connectivity index (χ1n) is 6.23. The second kappa shape index (κ2) is 6.45. The lowest BCUT2D eigenvalue weighted by atomic mass is 10.1. The number of halogens is 1. The molecular formula is C12H18BrN3O2. The zero-order chi connectivity index (χ0) is 13.0. The number of nitrogens with zero attached hydrogens (tertiary/aromatic N) is 2. The minimum atomic E-state index is -0.0448. The van der Waals surface area contributed by atoms with Crippen molar-refractivity contribution in [3.63, 3.8) is 0 Å². The van der Waals surface area contributed by atoms with Gasteiger partial charge < -0.3 is 10.1 Å². The van der Waals surface area contributed by atoms with Gasteiger partial charge in [0.25, 0.3) is 5.56 Å².